The predicted octanol–water partition coefficient (Wildman–Crippen LogP) is 0.725. The first-order chi connectivity index (χ1) is 9.47. The van der Waals surface area contributed by atoms with Crippen molar-refractivity contribution in [3.05, 3.63) is 24.3 Å². The molecule has 1 aromatic rings. The van der Waals surface area contributed by atoms with E-state index in [2.05, 4.69) is 0 Å². The van der Waals surface area contributed by atoms with Crippen LogP contribution in [0.2, 0.25) is 0 Å². The predicted molar refractivity (Wildman–Crippen MR) is 73.7 cm³/mol. The van der Waals surface area contributed by atoms with Crippen LogP contribution in [0.25, 0.3) is 0 Å². The van der Waals surface area contributed by atoms with Gasteiger partial charge in [-0.3, -0.25) is 4.79 Å². The van der Waals surface area contributed by atoms with Gasteiger partial charge in [0.15, 0.2) is 6.61 Å². The highest BCUT2D eigenvalue weighted by Crippen LogP contribution is 2.15. The molecule has 0 saturated carbocycles. The Bertz CT molecular complexity index is 563. The molecule has 1 fully saturated rings. The number of rotatable bonds is 4. The van der Waals surface area contributed by atoms with E-state index in [1.165, 1.54) is 30.7 Å². The number of carbonyl (C=O) groups excluding carboxylic acids is 1. The molecule has 2 N–H and O–H groups in total. The van der Waals surface area contributed by atoms with Crippen LogP contribution in [0.1, 0.15) is 19.3 Å². The van der Waals surface area contributed by atoms with Crippen LogP contribution in [-0.4, -0.2) is 38.9 Å². The normalized spacial score (nSPS) is 15.9. The molecule has 0 atom stereocenters. The average Bonchev–Trinajstić information content (AvgIpc) is 2.45. The van der Waals surface area contributed by atoms with Crippen LogP contribution in [0.3, 0.4) is 0 Å². The zero-order valence-electron chi connectivity index (χ0n) is 11.1. The molecule has 7 heteroatoms. The number of amides is 1. The van der Waals surface area contributed by atoms with Crippen molar-refractivity contribution in [3.8, 4) is 5.75 Å². The van der Waals surface area contributed by atoms with Crippen molar-refractivity contribution in [1.82, 2.24) is 4.90 Å². The van der Waals surface area contributed by atoms with Gasteiger partial charge in [-0.2, -0.15) is 0 Å². The summed E-state index contributed by atoms with van der Waals surface area (Å²) in [7, 11) is -3.70. The highest BCUT2D eigenvalue weighted by Gasteiger charge is 2.16. The Balaban J connectivity index is 1.89. The molecule has 1 aromatic carbocycles. The maximum Gasteiger partial charge on any atom is 0.260 e. The first-order valence-electron chi connectivity index (χ1n) is 6.50. The van der Waals surface area contributed by atoms with Gasteiger partial charge in [-0.15, -0.1) is 0 Å². The summed E-state index contributed by atoms with van der Waals surface area (Å²) in [4.78, 5) is 13.7. The van der Waals surface area contributed by atoms with Gasteiger partial charge in [0, 0.05) is 13.1 Å². The van der Waals surface area contributed by atoms with Gasteiger partial charge in [0.05, 0.1) is 4.90 Å². The number of benzene rings is 1. The third-order valence-electron chi connectivity index (χ3n) is 3.22. The van der Waals surface area contributed by atoms with Gasteiger partial charge in [0.1, 0.15) is 5.75 Å². The molecule has 2 rings (SSSR count). The quantitative estimate of drug-likeness (QED) is 0.887. The molecule has 0 spiro atoms. The van der Waals surface area contributed by atoms with Crippen LogP contribution in [0.4, 0.5) is 0 Å². The monoisotopic (exact) mass is 298 g/mol. The molecule has 1 saturated heterocycles. The van der Waals surface area contributed by atoms with Gasteiger partial charge in [-0.1, -0.05) is 0 Å². The fourth-order valence-electron chi connectivity index (χ4n) is 2.11. The van der Waals surface area contributed by atoms with Crippen LogP contribution in [0, 0.1) is 0 Å². The van der Waals surface area contributed by atoms with Crippen molar-refractivity contribution >= 4 is 15.9 Å². The molecule has 0 aromatic heterocycles. The largest absolute Gasteiger partial charge is 0.484 e. The number of ether oxygens (including phenoxy) is 1. The summed E-state index contributed by atoms with van der Waals surface area (Å²) in [6, 6.07) is 5.69. The van der Waals surface area contributed by atoms with Gasteiger partial charge in [-0.05, 0) is 43.5 Å². The van der Waals surface area contributed by atoms with E-state index in [-0.39, 0.29) is 17.4 Å². The summed E-state index contributed by atoms with van der Waals surface area (Å²) < 4.78 is 27.5. The summed E-state index contributed by atoms with van der Waals surface area (Å²) in [5.41, 5.74) is 0. The van der Waals surface area contributed by atoms with Crippen molar-refractivity contribution in [1.29, 1.82) is 0 Å². The minimum Gasteiger partial charge on any atom is -0.484 e. The van der Waals surface area contributed by atoms with Crippen molar-refractivity contribution in [3.63, 3.8) is 0 Å². The second kappa shape index (κ2) is 6.23. The first kappa shape index (κ1) is 14.8. The number of nitrogens with two attached hydrogens (primary N) is 1. The molecule has 0 bridgehead atoms. The van der Waals surface area contributed by atoms with Gasteiger partial charge in [-0.25, -0.2) is 13.6 Å². The van der Waals surface area contributed by atoms with Crippen LogP contribution in [0.5, 0.6) is 5.75 Å². The Kier molecular flexibility index (Phi) is 4.61. The van der Waals surface area contributed by atoms with Gasteiger partial charge in [0.2, 0.25) is 10.0 Å². The van der Waals surface area contributed by atoms with E-state index in [9.17, 15) is 13.2 Å². The topological polar surface area (TPSA) is 89.7 Å². The molecule has 110 valence electrons. The number of hydrogen-bond acceptors (Lipinski definition) is 4. The Morgan fingerprint density at radius 3 is 2.30 bits per heavy atom. The number of likely N-dealkylation sites (tertiary alicyclic amines) is 1. The van der Waals surface area contributed by atoms with Crippen molar-refractivity contribution in [2.75, 3.05) is 19.7 Å². The molecule has 20 heavy (non-hydrogen) atoms. The molecule has 6 nitrogen and oxygen atoms in total. The van der Waals surface area contributed by atoms with E-state index in [4.69, 9.17) is 9.88 Å². The highest BCUT2D eigenvalue weighted by molar-refractivity contribution is 7.89. The van der Waals surface area contributed by atoms with E-state index in [1.54, 1.807) is 4.90 Å². The lowest BCUT2D eigenvalue weighted by Crippen LogP contribution is -2.38. The molecular formula is C13H18N2O4S. The number of sulfonamides is 1. The number of primary sulfonamides is 1. The van der Waals surface area contributed by atoms with Crippen LogP contribution in [-0.2, 0) is 14.8 Å². The second-order valence-corrected chi connectivity index (χ2v) is 6.31. The minimum atomic E-state index is -3.70. The third-order valence-corrected chi connectivity index (χ3v) is 4.15. The Morgan fingerprint density at radius 1 is 1.15 bits per heavy atom. The van der Waals surface area contributed by atoms with Gasteiger partial charge < -0.3 is 9.64 Å². The van der Waals surface area contributed by atoms with E-state index < -0.39 is 10.0 Å². The number of hydrogen-bond donors (Lipinski definition) is 1. The Morgan fingerprint density at radius 2 is 1.75 bits per heavy atom. The van der Waals surface area contributed by atoms with Crippen molar-refractivity contribution < 1.29 is 17.9 Å². The standard InChI is InChI=1S/C13H18N2O4S/c14-20(17,18)12-6-4-11(5-7-12)19-10-13(16)15-8-2-1-3-9-15/h4-7H,1-3,8-10H2,(H2,14,17,18). The molecular weight excluding hydrogens is 280 g/mol. The summed E-state index contributed by atoms with van der Waals surface area (Å²) in [6.07, 6.45) is 3.24. The summed E-state index contributed by atoms with van der Waals surface area (Å²) in [5, 5.41) is 5.00. The first-order valence-corrected chi connectivity index (χ1v) is 8.05. The minimum absolute atomic E-state index is 0.0206. The summed E-state index contributed by atoms with van der Waals surface area (Å²) in [5.74, 6) is 0.406. The number of nitrogens with zero attached hydrogens (tertiary/aromatic N) is 1. The van der Waals surface area contributed by atoms with Crippen LogP contribution in [0.15, 0.2) is 29.2 Å². The van der Waals surface area contributed by atoms with E-state index in [1.807, 2.05) is 0 Å². The van der Waals surface area contributed by atoms with Gasteiger partial charge >= 0.3 is 0 Å². The second-order valence-electron chi connectivity index (χ2n) is 4.75. The molecule has 1 amide bonds. The lowest BCUT2D eigenvalue weighted by atomic mass is 10.1. The van der Waals surface area contributed by atoms with E-state index in [0.29, 0.717) is 5.75 Å². The number of carbonyl (C=O) groups is 1. The molecule has 1 heterocycles. The molecule has 0 aliphatic carbocycles. The number of piperidine rings is 1. The van der Waals surface area contributed by atoms with Crippen molar-refractivity contribution in [2.24, 2.45) is 5.14 Å². The fraction of sp³-hybridized carbons (Fsp3) is 0.462. The smallest absolute Gasteiger partial charge is 0.260 e. The van der Waals surface area contributed by atoms with E-state index >= 15 is 0 Å². The highest BCUT2D eigenvalue weighted by atomic mass is 32.2. The maximum atomic E-state index is 11.9. The third kappa shape index (κ3) is 3.94. The SMILES string of the molecule is NS(=O)(=O)c1ccc(OCC(=O)N2CCCCC2)cc1. The Labute approximate surface area is 118 Å². The van der Waals surface area contributed by atoms with Crippen molar-refractivity contribution in [2.45, 2.75) is 24.2 Å². The fourth-order valence-corrected chi connectivity index (χ4v) is 2.62. The summed E-state index contributed by atoms with van der Waals surface area (Å²) >= 11 is 0. The zero-order valence-corrected chi connectivity index (χ0v) is 11.9. The lowest BCUT2D eigenvalue weighted by molar-refractivity contribution is -0.134. The molecule has 0 unspecified atom stereocenters. The Hall–Kier alpha value is -1.60. The van der Waals surface area contributed by atoms with Gasteiger partial charge in [0.25, 0.3) is 5.91 Å². The summed E-state index contributed by atoms with van der Waals surface area (Å²) in [6.45, 7) is 1.54. The van der Waals surface area contributed by atoms with Crippen LogP contribution >= 0.6 is 0 Å². The van der Waals surface area contributed by atoms with Crippen LogP contribution < -0.4 is 9.88 Å². The molecule has 1 aliphatic heterocycles. The average molecular weight is 298 g/mol. The maximum absolute atomic E-state index is 11.9. The lowest BCUT2D eigenvalue weighted by Gasteiger charge is -2.26. The zero-order chi connectivity index (χ0) is 14.6. The molecule has 1 aliphatic rings. The molecule has 0 radical (unpaired) electrons. The van der Waals surface area contributed by atoms with E-state index in [0.717, 1.165) is 25.9 Å².